The Morgan fingerprint density at radius 1 is 1.12 bits per heavy atom. The van der Waals surface area contributed by atoms with E-state index in [2.05, 4.69) is 10.2 Å². The second-order valence-corrected chi connectivity index (χ2v) is 11.9. The number of nitrogens with one attached hydrogen (secondary N) is 1. The molecule has 1 heterocycles. The van der Waals surface area contributed by atoms with Crippen LogP contribution >= 0.6 is 11.6 Å². The first-order valence-electron chi connectivity index (χ1n) is 12.8. The molecule has 0 saturated carbocycles. The van der Waals surface area contributed by atoms with Crippen LogP contribution < -0.4 is 19.3 Å². The lowest BCUT2D eigenvalue weighted by molar-refractivity contribution is -0.385. The molecule has 0 spiro atoms. The molecule has 0 radical (unpaired) electrons. The summed E-state index contributed by atoms with van der Waals surface area (Å²) in [4.78, 5) is 26.1. The van der Waals surface area contributed by atoms with Crippen LogP contribution in [0, 0.1) is 17.0 Å². The fourth-order valence-electron chi connectivity index (χ4n) is 4.68. The highest BCUT2D eigenvalue weighted by Gasteiger charge is 2.32. The van der Waals surface area contributed by atoms with E-state index in [0.29, 0.717) is 5.56 Å². The summed E-state index contributed by atoms with van der Waals surface area (Å²) in [5, 5.41) is 14.6. The van der Waals surface area contributed by atoms with Gasteiger partial charge in [0.15, 0.2) is 0 Å². The van der Waals surface area contributed by atoms with Gasteiger partial charge in [0.25, 0.3) is 15.7 Å². The Hall–Kier alpha value is -3.83. The molecule has 4 rings (SSSR count). The maximum Gasteiger partial charge on any atom is 0.273 e. The number of nitro benzene ring substituents is 1. The average molecular weight is 587 g/mol. The van der Waals surface area contributed by atoms with Crippen LogP contribution in [0.2, 0.25) is 5.02 Å². The van der Waals surface area contributed by atoms with Gasteiger partial charge in [-0.3, -0.25) is 19.2 Å². The SMILES string of the molecule is COc1ccc(Cl)cc1N(CC(=O)NC(C)c1ccc(N2CCCC2)cc1)S(=O)(=O)c1ccc(C)c([N+](=O)[O-])c1. The molecule has 1 atom stereocenters. The molecular weight excluding hydrogens is 556 g/mol. The van der Waals surface area contributed by atoms with E-state index in [0.717, 1.165) is 34.7 Å². The summed E-state index contributed by atoms with van der Waals surface area (Å²) >= 11 is 6.19. The van der Waals surface area contributed by atoms with Crippen molar-refractivity contribution >= 4 is 44.6 Å². The summed E-state index contributed by atoms with van der Waals surface area (Å²) in [5.74, 6) is -0.420. The second kappa shape index (κ2) is 12.1. The Morgan fingerprint density at radius 3 is 2.42 bits per heavy atom. The molecule has 212 valence electrons. The third kappa shape index (κ3) is 6.31. The number of ether oxygens (including phenoxy) is 1. The number of benzene rings is 3. The zero-order chi connectivity index (χ0) is 29.0. The highest BCUT2D eigenvalue weighted by atomic mass is 35.5. The standard InChI is InChI=1S/C28H31ClN4O6S/c1-19-6-12-24(17-25(19)33(35)36)40(37,38)32(26-16-22(29)9-13-27(26)39-3)18-28(34)30-20(2)21-7-10-23(11-8-21)31-14-4-5-15-31/h6-13,16-17,20H,4-5,14-15,18H2,1-3H3,(H,30,34). The van der Waals surface area contributed by atoms with E-state index in [4.69, 9.17) is 16.3 Å². The van der Waals surface area contributed by atoms with Crippen molar-refractivity contribution in [1.29, 1.82) is 0 Å². The number of halogens is 1. The molecule has 1 unspecified atom stereocenters. The Bertz CT molecular complexity index is 1510. The van der Waals surface area contributed by atoms with Gasteiger partial charge < -0.3 is 15.0 Å². The van der Waals surface area contributed by atoms with E-state index < -0.39 is 33.4 Å². The van der Waals surface area contributed by atoms with Crippen molar-refractivity contribution in [3.63, 3.8) is 0 Å². The van der Waals surface area contributed by atoms with Crippen molar-refractivity contribution in [3.8, 4) is 5.75 Å². The van der Waals surface area contributed by atoms with Crippen LogP contribution in [0.1, 0.15) is 36.9 Å². The van der Waals surface area contributed by atoms with Gasteiger partial charge >= 0.3 is 0 Å². The zero-order valence-electron chi connectivity index (χ0n) is 22.5. The number of nitro groups is 1. The van der Waals surface area contributed by atoms with Crippen molar-refractivity contribution in [3.05, 3.63) is 86.9 Å². The van der Waals surface area contributed by atoms with Crippen molar-refractivity contribution in [2.45, 2.75) is 37.6 Å². The monoisotopic (exact) mass is 586 g/mol. The summed E-state index contributed by atoms with van der Waals surface area (Å²) < 4.78 is 34.0. The molecule has 1 aliphatic heterocycles. The average Bonchev–Trinajstić information content (AvgIpc) is 3.47. The predicted molar refractivity (Wildman–Crippen MR) is 155 cm³/mol. The Labute approximate surface area is 238 Å². The van der Waals surface area contributed by atoms with Gasteiger partial charge in [0.05, 0.1) is 28.7 Å². The van der Waals surface area contributed by atoms with Gasteiger partial charge in [-0.1, -0.05) is 29.8 Å². The van der Waals surface area contributed by atoms with Crippen LogP contribution in [0.5, 0.6) is 5.75 Å². The van der Waals surface area contributed by atoms with Gasteiger partial charge in [0, 0.05) is 35.4 Å². The van der Waals surface area contributed by atoms with Crippen LogP contribution in [-0.2, 0) is 14.8 Å². The van der Waals surface area contributed by atoms with Crippen LogP contribution in [0.25, 0.3) is 0 Å². The van der Waals surface area contributed by atoms with E-state index in [-0.39, 0.29) is 27.0 Å². The molecule has 3 aromatic rings. The number of aryl methyl sites for hydroxylation is 1. The summed E-state index contributed by atoms with van der Waals surface area (Å²) in [5.41, 5.74) is 1.96. The minimum absolute atomic E-state index is 0.0241. The molecule has 3 aromatic carbocycles. The van der Waals surface area contributed by atoms with Crippen molar-refractivity contribution in [1.82, 2.24) is 5.32 Å². The normalized spacial score (nSPS) is 14.1. The molecule has 1 saturated heterocycles. The van der Waals surface area contributed by atoms with Crippen molar-refractivity contribution < 1.29 is 22.9 Å². The molecule has 12 heteroatoms. The number of carbonyl (C=O) groups is 1. The number of sulfonamides is 1. The molecule has 40 heavy (non-hydrogen) atoms. The lowest BCUT2D eigenvalue weighted by atomic mass is 10.1. The number of anilines is 2. The highest BCUT2D eigenvalue weighted by molar-refractivity contribution is 7.92. The number of carbonyl (C=O) groups excluding carboxylic acids is 1. The predicted octanol–water partition coefficient (Wildman–Crippen LogP) is 5.24. The van der Waals surface area contributed by atoms with Gasteiger partial charge in [0.1, 0.15) is 12.3 Å². The van der Waals surface area contributed by atoms with Crippen LogP contribution in [0.4, 0.5) is 17.1 Å². The number of rotatable bonds is 10. The molecular formula is C28H31ClN4O6S. The zero-order valence-corrected chi connectivity index (χ0v) is 24.0. The second-order valence-electron chi connectivity index (χ2n) is 9.61. The summed E-state index contributed by atoms with van der Waals surface area (Å²) in [6.45, 7) is 4.75. The number of methoxy groups -OCH3 is 1. The maximum absolute atomic E-state index is 13.9. The van der Waals surface area contributed by atoms with Gasteiger partial charge in [-0.15, -0.1) is 0 Å². The third-order valence-electron chi connectivity index (χ3n) is 6.90. The lowest BCUT2D eigenvalue weighted by Gasteiger charge is -2.26. The topological polar surface area (TPSA) is 122 Å². The van der Waals surface area contributed by atoms with E-state index in [1.807, 2.05) is 31.2 Å². The summed E-state index contributed by atoms with van der Waals surface area (Å²) in [7, 11) is -3.10. The Kier molecular flexibility index (Phi) is 8.85. The smallest absolute Gasteiger partial charge is 0.273 e. The minimum atomic E-state index is -4.46. The fourth-order valence-corrected chi connectivity index (χ4v) is 6.29. The van der Waals surface area contributed by atoms with Gasteiger partial charge in [-0.05, 0) is 68.7 Å². The van der Waals surface area contributed by atoms with E-state index in [1.54, 1.807) is 0 Å². The van der Waals surface area contributed by atoms with Crippen molar-refractivity contribution in [2.24, 2.45) is 0 Å². The first-order chi connectivity index (χ1) is 19.0. The number of nitrogens with zero attached hydrogens (tertiary/aromatic N) is 3. The third-order valence-corrected chi connectivity index (χ3v) is 8.89. The van der Waals surface area contributed by atoms with E-state index in [1.165, 1.54) is 57.2 Å². The van der Waals surface area contributed by atoms with E-state index >= 15 is 0 Å². The van der Waals surface area contributed by atoms with Gasteiger partial charge in [-0.2, -0.15) is 0 Å². The molecule has 1 fully saturated rings. The minimum Gasteiger partial charge on any atom is -0.495 e. The molecule has 10 nitrogen and oxygen atoms in total. The highest BCUT2D eigenvalue weighted by Crippen LogP contribution is 2.36. The number of amides is 1. The van der Waals surface area contributed by atoms with E-state index in [9.17, 15) is 23.3 Å². The molecule has 0 aliphatic carbocycles. The quantitative estimate of drug-likeness (QED) is 0.255. The number of hydrogen-bond acceptors (Lipinski definition) is 7. The molecule has 1 N–H and O–H groups in total. The van der Waals surface area contributed by atoms with Crippen LogP contribution in [-0.4, -0.2) is 46.0 Å². The van der Waals surface area contributed by atoms with Crippen molar-refractivity contribution in [2.75, 3.05) is 35.9 Å². The summed E-state index contributed by atoms with van der Waals surface area (Å²) in [6.07, 6.45) is 2.34. The lowest BCUT2D eigenvalue weighted by Crippen LogP contribution is -2.41. The summed E-state index contributed by atoms with van der Waals surface area (Å²) in [6, 6.07) is 15.5. The molecule has 1 aliphatic rings. The fraction of sp³-hybridized carbons (Fsp3) is 0.321. The molecule has 1 amide bonds. The first kappa shape index (κ1) is 29.2. The Morgan fingerprint density at radius 2 is 1.80 bits per heavy atom. The molecule has 0 bridgehead atoms. The Balaban J connectivity index is 1.63. The molecule has 0 aromatic heterocycles. The van der Waals surface area contributed by atoms with Gasteiger partial charge in [-0.25, -0.2) is 8.42 Å². The van der Waals surface area contributed by atoms with Crippen LogP contribution in [0.3, 0.4) is 0 Å². The largest absolute Gasteiger partial charge is 0.495 e. The first-order valence-corrected chi connectivity index (χ1v) is 14.6. The maximum atomic E-state index is 13.9. The van der Waals surface area contributed by atoms with Gasteiger partial charge in [0.2, 0.25) is 5.91 Å². The van der Waals surface area contributed by atoms with Crippen LogP contribution in [0.15, 0.2) is 65.6 Å². The number of hydrogen-bond donors (Lipinski definition) is 1.